The molecule has 2 aliphatic rings. The van der Waals surface area contributed by atoms with Gasteiger partial charge in [-0.05, 0) is 57.3 Å². The molecule has 3 aromatic rings. The minimum Gasteiger partial charge on any atom is -0.472 e. The molecule has 1 aromatic carbocycles. The number of hydrogen-bond donors (Lipinski definition) is 2. The lowest BCUT2D eigenvalue weighted by Crippen LogP contribution is -2.46. The number of carbonyl (C=O) groups excluding carboxylic acids is 1. The van der Waals surface area contributed by atoms with E-state index in [1.165, 1.54) is 18.2 Å². The molecule has 2 unspecified atom stereocenters. The first kappa shape index (κ1) is 30.1. The van der Waals surface area contributed by atoms with Crippen LogP contribution in [0, 0.1) is 5.82 Å². The number of benzene rings is 1. The minimum atomic E-state index is -0.701. The summed E-state index contributed by atoms with van der Waals surface area (Å²) in [6.07, 6.45) is 1.51. The third-order valence-electron chi connectivity index (χ3n) is 7.21. The molecule has 2 saturated heterocycles. The summed E-state index contributed by atoms with van der Waals surface area (Å²) in [5.41, 5.74) is 7.91. The van der Waals surface area contributed by atoms with Crippen LogP contribution in [-0.2, 0) is 14.3 Å². The number of amides is 1. The average molecular weight is 600 g/mol. The van der Waals surface area contributed by atoms with Crippen molar-refractivity contribution in [3.05, 3.63) is 59.1 Å². The Morgan fingerprint density at radius 1 is 1.21 bits per heavy atom. The Bertz CT molecular complexity index is 1420. The third kappa shape index (κ3) is 7.50. The number of primary amides is 1. The molecule has 13 heteroatoms. The Morgan fingerprint density at radius 2 is 2.00 bits per heavy atom. The van der Waals surface area contributed by atoms with Crippen molar-refractivity contribution in [2.45, 2.75) is 38.2 Å². The van der Waals surface area contributed by atoms with Gasteiger partial charge in [-0.2, -0.15) is 0 Å². The fraction of sp³-hybridized carbons (Fsp3) is 0.448. The second-order valence-corrected chi connectivity index (χ2v) is 11.4. The monoisotopic (exact) mass is 599 g/mol. The molecule has 224 valence electrons. The van der Waals surface area contributed by atoms with E-state index in [1.807, 2.05) is 19.9 Å². The van der Waals surface area contributed by atoms with Crippen LogP contribution in [0.1, 0.15) is 32.0 Å². The fourth-order valence-electron chi connectivity index (χ4n) is 5.03. The normalized spacial score (nSPS) is 19.9. The lowest BCUT2D eigenvalue weighted by atomic mass is 10.1. The number of piperazine rings is 1. The molecule has 0 aliphatic carbocycles. The molecule has 0 saturated carbocycles. The van der Waals surface area contributed by atoms with Crippen molar-refractivity contribution in [2.24, 2.45) is 5.73 Å². The fourth-order valence-corrected chi connectivity index (χ4v) is 5.20. The Labute approximate surface area is 249 Å². The zero-order valence-electron chi connectivity index (χ0n) is 23.8. The number of pyridine rings is 1. The van der Waals surface area contributed by atoms with E-state index < -0.39 is 17.5 Å². The summed E-state index contributed by atoms with van der Waals surface area (Å²) in [5.74, 6) is -1.39. The third-order valence-corrected chi connectivity index (χ3v) is 7.45. The van der Waals surface area contributed by atoms with Crippen LogP contribution in [0.3, 0.4) is 0 Å². The quantitative estimate of drug-likeness (QED) is 0.355. The predicted molar refractivity (Wildman–Crippen MR) is 156 cm³/mol. The molecule has 2 fully saturated rings. The summed E-state index contributed by atoms with van der Waals surface area (Å²) in [5, 5.41) is 12.2. The maximum atomic E-state index is 14.7. The maximum absolute atomic E-state index is 14.7. The number of halogens is 2. The van der Waals surface area contributed by atoms with Crippen LogP contribution < -0.4 is 15.8 Å². The first-order valence-electron chi connectivity index (χ1n) is 13.8. The standard InChI is InChI=1S/C29H35ClFN7O4/c1-29(2)41-17-20(42-29)16-40-28-25(14-23(35-36-28)21-12-18(30)4-5-22(21)31)34-19-6-7-33-24(13-19)26(15-27(32)39)38-10-8-37(3)9-11-38/h4-7,12-14,20,26H,8-11,15-17H2,1-3H3,(H2,32,39)(H,33,34,35). The molecular formula is C29H35ClFN7O4. The zero-order chi connectivity index (χ0) is 29.9. The van der Waals surface area contributed by atoms with Gasteiger partial charge in [0.2, 0.25) is 5.91 Å². The van der Waals surface area contributed by atoms with Crippen molar-refractivity contribution in [1.29, 1.82) is 0 Å². The number of carbonyl (C=O) groups is 1. The van der Waals surface area contributed by atoms with Crippen molar-refractivity contribution in [3.8, 4) is 17.1 Å². The highest BCUT2D eigenvalue weighted by Gasteiger charge is 2.33. The Kier molecular flexibility index (Phi) is 9.19. The Balaban J connectivity index is 1.44. The number of rotatable bonds is 10. The van der Waals surface area contributed by atoms with Gasteiger partial charge in [0, 0.05) is 55.1 Å². The van der Waals surface area contributed by atoms with Gasteiger partial charge < -0.3 is 30.2 Å². The van der Waals surface area contributed by atoms with E-state index >= 15 is 0 Å². The number of hydrogen-bond acceptors (Lipinski definition) is 10. The lowest BCUT2D eigenvalue weighted by molar-refractivity contribution is -0.141. The molecule has 0 spiro atoms. The van der Waals surface area contributed by atoms with Gasteiger partial charge in [-0.25, -0.2) is 4.39 Å². The highest BCUT2D eigenvalue weighted by Crippen LogP contribution is 2.33. The number of likely N-dealkylation sites (N-methyl/N-ethyl adjacent to an activating group) is 1. The molecule has 2 atom stereocenters. The van der Waals surface area contributed by atoms with Gasteiger partial charge in [0.05, 0.1) is 24.0 Å². The van der Waals surface area contributed by atoms with Gasteiger partial charge >= 0.3 is 0 Å². The number of nitrogens with one attached hydrogen (secondary N) is 1. The predicted octanol–water partition coefficient (Wildman–Crippen LogP) is 3.77. The maximum Gasteiger partial charge on any atom is 0.257 e. The van der Waals surface area contributed by atoms with Crippen LogP contribution in [0.15, 0.2) is 42.6 Å². The van der Waals surface area contributed by atoms with E-state index in [1.54, 1.807) is 18.3 Å². The summed E-state index contributed by atoms with van der Waals surface area (Å²) in [7, 11) is 2.07. The number of nitrogens with two attached hydrogens (primary N) is 1. The van der Waals surface area contributed by atoms with E-state index in [2.05, 4.69) is 37.3 Å². The van der Waals surface area contributed by atoms with Gasteiger partial charge in [-0.15, -0.1) is 10.2 Å². The smallest absolute Gasteiger partial charge is 0.257 e. The van der Waals surface area contributed by atoms with E-state index in [0.29, 0.717) is 28.7 Å². The summed E-state index contributed by atoms with van der Waals surface area (Å²) in [6, 6.07) is 9.27. The highest BCUT2D eigenvalue weighted by atomic mass is 35.5. The number of ether oxygens (including phenoxy) is 3. The SMILES string of the molecule is CN1CCN(C(CC(N)=O)c2cc(Nc3cc(-c4cc(Cl)ccc4F)nnc3OCC3COC(C)(C)O3)ccn2)CC1. The molecule has 1 amide bonds. The van der Waals surface area contributed by atoms with Crippen LogP contribution >= 0.6 is 11.6 Å². The zero-order valence-corrected chi connectivity index (χ0v) is 24.6. The summed E-state index contributed by atoms with van der Waals surface area (Å²) >= 11 is 6.14. The molecule has 42 heavy (non-hydrogen) atoms. The molecule has 0 radical (unpaired) electrons. The van der Waals surface area contributed by atoms with Crippen molar-refractivity contribution < 1.29 is 23.4 Å². The van der Waals surface area contributed by atoms with E-state index in [9.17, 15) is 9.18 Å². The minimum absolute atomic E-state index is 0.142. The molecule has 0 bridgehead atoms. The molecule has 4 heterocycles. The van der Waals surface area contributed by atoms with Crippen LogP contribution in [-0.4, -0.2) is 89.2 Å². The molecular weight excluding hydrogens is 565 g/mol. The van der Waals surface area contributed by atoms with Crippen molar-refractivity contribution in [1.82, 2.24) is 25.0 Å². The van der Waals surface area contributed by atoms with E-state index in [-0.39, 0.29) is 42.3 Å². The van der Waals surface area contributed by atoms with Crippen LogP contribution in [0.2, 0.25) is 5.02 Å². The van der Waals surface area contributed by atoms with Gasteiger partial charge in [-0.3, -0.25) is 14.7 Å². The van der Waals surface area contributed by atoms with Crippen LogP contribution in [0.4, 0.5) is 15.8 Å². The topological polar surface area (TPSA) is 128 Å². The van der Waals surface area contributed by atoms with E-state index in [4.69, 9.17) is 31.5 Å². The number of aromatic nitrogens is 3. The van der Waals surface area contributed by atoms with Gasteiger partial charge in [0.25, 0.3) is 5.88 Å². The summed E-state index contributed by atoms with van der Waals surface area (Å²) < 4.78 is 32.2. The molecule has 11 nitrogen and oxygen atoms in total. The highest BCUT2D eigenvalue weighted by molar-refractivity contribution is 6.30. The molecule has 2 aromatic heterocycles. The van der Waals surface area contributed by atoms with Crippen molar-refractivity contribution in [3.63, 3.8) is 0 Å². The first-order chi connectivity index (χ1) is 20.1. The number of nitrogens with zero attached hydrogens (tertiary/aromatic N) is 5. The first-order valence-corrected chi connectivity index (χ1v) is 14.2. The van der Waals surface area contributed by atoms with Gasteiger partial charge in [0.15, 0.2) is 5.79 Å². The summed E-state index contributed by atoms with van der Waals surface area (Å²) in [6.45, 7) is 7.56. The van der Waals surface area contributed by atoms with Gasteiger partial charge in [0.1, 0.15) is 24.2 Å². The Morgan fingerprint density at radius 3 is 2.71 bits per heavy atom. The Hall–Kier alpha value is -3.42. The van der Waals surface area contributed by atoms with Crippen molar-refractivity contribution >= 4 is 28.9 Å². The number of anilines is 2. The second-order valence-electron chi connectivity index (χ2n) is 11.0. The molecule has 2 aliphatic heterocycles. The van der Waals surface area contributed by atoms with E-state index in [0.717, 1.165) is 26.2 Å². The van der Waals surface area contributed by atoms with Crippen LogP contribution in [0.5, 0.6) is 5.88 Å². The summed E-state index contributed by atoms with van der Waals surface area (Å²) in [4.78, 5) is 21.1. The van der Waals surface area contributed by atoms with Gasteiger partial charge in [-0.1, -0.05) is 11.6 Å². The molecule has 3 N–H and O–H groups in total. The van der Waals surface area contributed by atoms with Crippen LogP contribution in [0.25, 0.3) is 11.3 Å². The lowest BCUT2D eigenvalue weighted by Gasteiger charge is -2.37. The average Bonchev–Trinajstić information content (AvgIpc) is 3.31. The second kappa shape index (κ2) is 12.8. The largest absolute Gasteiger partial charge is 0.472 e. The molecule has 5 rings (SSSR count). The van der Waals surface area contributed by atoms with Crippen molar-refractivity contribution in [2.75, 3.05) is 51.8 Å².